The number of carbonyl (C=O) groups is 3. The van der Waals surface area contributed by atoms with Crippen molar-refractivity contribution in [2.24, 2.45) is 11.7 Å². The maximum atomic E-state index is 13.9. The van der Waals surface area contributed by atoms with E-state index in [1.165, 1.54) is 61.2 Å². The number of hydrogen-bond donors (Lipinski definition) is 8. The number of amides is 2. The molecule has 0 bridgehead atoms. The van der Waals surface area contributed by atoms with Gasteiger partial charge in [0.05, 0.1) is 49.9 Å². The lowest BCUT2D eigenvalue weighted by Gasteiger charge is -2.27. The standard InChI is InChI=1S/C51H57N9O13S/c52-39(22-30-8-4-3-5-9-30)50(66)58-74(69,70)59(27-32-24-40(46(64)45(32)63)60-29-57-44-47(53)55-28-56-48(44)60)17-6-1-2-7-18-71-20-21-72-19-16-54-49(65)31-10-13-35(51(67)68)38(23-31)43-36-14-11-33(61)25-41(36)73-42-26-34(62)12-15-37(42)43/h3-5,8-15,23,25-26,28-29,32,39-40,45-46,61,63-64H,1-2,6-7,16-22,24,27,52H2,(H,54,65)(H,58,66)(H,67,68)(H2,53,55,56)/t32-,39+,40-,45-,46+/m1/s1. The van der Waals surface area contributed by atoms with E-state index in [4.69, 9.17) is 25.4 Å². The first-order valence-electron chi connectivity index (χ1n) is 24.0. The topological polar surface area (TPSA) is 338 Å². The number of aromatic carboxylic acids is 1. The number of nitrogens with two attached hydrogens (primary N) is 2. The highest BCUT2D eigenvalue weighted by molar-refractivity contribution is 7.87. The van der Waals surface area contributed by atoms with E-state index in [-0.39, 0.29) is 97.3 Å². The normalized spacial score (nSPS) is 17.3. The maximum absolute atomic E-state index is 13.9. The van der Waals surface area contributed by atoms with Crippen molar-refractivity contribution in [3.63, 3.8) is 0 Å². The largest absolute Gasteiger partial charge is 0.508 e. The Morgan fingerprint density at radius 1 is 0.878 bits per heavy atom. The lowest BCUT2D eigenvalue weighted by Crippen LogP contribution is -2.51. The van der Waals surface area contributed by atoms with E-state index in [2.05, 4.69) is 25.0 Å². The number of aliphatic hydroxyl groups excluding tert-OH is 2. The van der Waals surface area contributed by atoms with Crippen LogP contribution in [0.25, 0.3) is 44.6 Å². The van der Waals surface area contributed by atoms with Gasteiger partial charge in [0.15, 0.2) is 16.9 Å². The number of nitrogens with zero attached hydrogens (tertiary/aromatic N) is 5. The number of ether oxygens (including phenoxy) is 2. The van der Waals surface area contributed by atoms with Gasteiger partial charge in [-0.05, 0) is 79.3 Å². The Balaban J connectivity index is 0.789. The molecule has 3 aromatic carbocycles. The number of rotatable bonds is 24. The molecule has 8 rings (SSSR count). The molecule has 2 aliphatic carbocycles. The minimum absolute atomic E-state index is 0.00657. The van der Waals surface area contributed by atoms with Crippen LogP contribution < -0.4 is 26.9 Å². The number of carbonyl (C=O) groups excluding carboxylic acids is 2. The van der Waals surface area contributed by atoms with Crippen molar-refractivity contribution in [1.29, 1.82) is 0 Å². The molecule has 5 atom stereocenters. The minimum atomic E-state index is -4.46. The average Bonchev–Trinajstić information content (AvgIpc) is 3.93. The number of imidazole rings is 1. The van der Waals surface area contributed by atoms with Gasteiger partial charge in [0, 0.05) is 66.4 Å². The van der Waals surface area contributed by atoms with Crippen molar-refractivity contribution < 1.29 is 57.1 Å². The summed E-state index contributed by atoms with van der Waals surface area (Å²) in [5.74, 6) is -3.09. The van der Waals surface area contributed by atoms with Gasteiger partial charge >= 0.3 is 16.2 Å². The molecule has 23 heteroatoms. The summed E-state index contributed by atoms with van der Waals surface area (Å²) < 4.78 is 49.9. The Morgan fingerprint density at radius 2 is 1.65 bits per heavy atom. The fraction of sp³-hybridized carbons (Fsp3) is 0.353. The summed E-state index contributed by atoms with van der Waals surface area (Å²) in [6.07, 6.45) is 2.74. The van der Waals surface area contributed by atoms with Crippen LogP contribution in [0.2, 0.25) is 0 Å². The van der Waals surface area contributed by atoms with E-state index in [1.807, 2.05) is 6.07 Å². The number of fused-ring (bicyclic) bond motifs is 3. The SMILES string of the molecule is Nc1ncnc2c1ncn2[C@@H]1C[C@H](CN(CCCCCCOCCOCCNC(=O)c2ccc(C(=O)O)c(-c3c4ccc(=O)cc-4oc4cc(O)ccc34)c2)S(=O)(=O)NC(=O)[C@@H](N)Cc2ccccc2)[C@@H](O)[C@H]1O. The average molecular weight is 1040 g/mol. The van der Waals surface area contributed by atoms with Crippen molar-refractivity contribution in [2.45, 2.75) is 62.8 Å². The molecule has 10 N–H and O–H groups in total. The van der Waals surface area contributed by atoms with Gasteiger partial charge in [-0.2, -0.15) is 12.7 Å². The summed E-state index contributed by atoms with van der Waals surface area (Å²) in [7, 11) is -4.46. The highest BCUT2D eigenvalue weighted by atomic mass is 32.2. The molecule has 0 saturated heterocycles. The third-order valence-electron chi connectivity index (χ3n) is 13.0. The molecule has 3 heterocycles. The number of unbranched alkanes of at least 4 members (excludes halogenated alkanes) is 3. The second-order valence-electron chi connectivity index (χ2n) is 18.0. The third-order valence-corrected chi connectivity index (χ3v) is 14.4. The van der Waals surface area contributed by atoms with Crippen molar-refractivity contribution >= 4 is 55.9 Å². The number of aromatic hydroxyl groups is 1. The Bertz CT molecular complexity index is 3260. The van der Waals surface area contributed by atoms with Crippen LogP contribution in [0.3, 0.4) is 0 Å². The van der Waals surface area contributed by atoms with Crippen LogP contribution in [-0.2, 0) is 30.9 Å². The van der Waals surface area contributed by atoms with Gasteiger partial charge < -0.3 is 55.7 Å². The quantitative estimate of drug-likeness (QED) is 0.0318. The molecule has 22 nitrogen and oxygen atoms in total. The number of aliphatic hydroxyl groups is 2. The van der Waals surface area contributed by atoms with Gasteiger partial charge in [-0.15, -0.1) is 0 Å². The van der Waals surface area contributed by atoms with E-state index in [9.17, 15) is 48.0 Å². The first-order valence-corrected chi connectivity index (χ1v) is 25.4. The molecule has 1 aliphatic heterocycles. The zero-order valence-electron chi connectivity index (χ0n) is 40.1. The highest BCUT2D eigenvalue weighted by Crippen LogP contribution is 2.42. The molecule has 390 valence electrons. The smallest absolute Gasteiger partial charge is 0.336 e. The molecule has 2 aromatic heterocycles. The van der Waals surface area contributed by atoms with Crippen LogP contribution >= 0.6 is 0 Å². The van der Waals surface area contributed by atoms with E-state index in [1.54, 1.807) is 34.9 Å². The number of anilines is 1. The fourth-order valence-electron chi connectivity index (χ4n) is 9.20. The van der Waals surface area contributed by atoms with Crippen LogP contribution in [-0.4, -0.2) is 135 Å². The van der Waals surface area contributed by atoms with Gasteiger partial charge in [0.1, 0.15) is 35.0 Å². The number of nitrogen functional groups attached to an aromatic ring is 1. The molecular weight excluding hydrogens is 979 g/mol. The highest BCUT2D eigenvalue weighted by Gasteiger charge is 2.45. The molecule has 3 aliphatic rings. The number of phenolic OH excluding ortho intramolecular Hbond substituents is 1. The summed E-state index contributed by atoms with van der Waals surface area (Å²) in [6.45, 7) is 1.01. The first-order chi connectivity index (χ1) is 35.6. The van der Waals surface area contributed by atoms with Crippen molar-refractivity contribution in [1.82, 2.24) is 33.9 Å². The van der Waals surface area contributed by atoms with Crippen molar-refractivity contribution in [2.75, 3.05) is 51.8 Å². The molecule has 2 amide bonds. The van der Waals surface area contributed by atoms with Gasteiger partial charge in [-0.3, -0.25) is 14.4 Å². The van der Waals surface area contributed by atoms with Crippen LogP contribution in [0.1, 0.15) is 64.4 Å². The van der Waals surface area contributed by atoms with Gasteiger partial charge in [-0.1, -0.05) is 43.2 Å². The number of carboxylic acids is 1. The van der Waals surface area contributed by atoms with Gasteiger partial charge in [0.25, 0.3) is 11.8 Å². The Morgan fingerprint density at radius 3 is 2.43 bits per heavy atom. The first kappa shape index (κ1) is 52.9. The lowest BCUT2D eigenvalue weighted by atomic mass is 9.89. The van der Waals surface area contributed by atoms with Crippen LogP contribution in [0.15, 0.2) is 107 Å². The summed E-state index contributed by atoms with van der Waals surface area (Å²) in [5, 5.41) is 45.9. The van der Waals surface area contributed by atoms with E-state index < -0.39 is 58.2 Å². The molecule has 0 radical (unpaired) electrons. The zero-order valence-corrected chi connectivity index (χ0v) is 40.9. The lowest BCUT2D eigenvalue weighted by molar-refractivity contribution is -0.120. The number of nitrogens with one attached hydrogen (secondary N) is 2. The van der Waals surface area contributed by atoms with Gasteiger partial charge in [0.2, 0.25) is 0 Å². The number of hydrogen-bond acceptors (Lipinski definition) is 17. The molecule has 0 spiro atoms. The fourth-order valence-corrected chi connectivity index (χ4v) is 10.5. The van der Waals surface area contributed by atoms with E-state index in [0.717, 1.165) is 9.87 Å². The minimum Gasteiger partial charge on any atom is -0.508 e. The monoisotopic (exact) mass is 1040 g/mol. The Kier molecular flexibility index (Phi) is 16.9. The zero-order chi connectivity index (χ0) is 52.5. The maximum Gasteiger partial charge on any atom is 0.336 e. The van der Waals surface area contributed by atoms with Crippen LogP contribution in [0.5, 0.6) is 5.75 Å². The number of carboxylic acid groups (broad SMARTS) is 1. The predicted octanol–water partition coefficient (Wildman–Crippen LogP) is 3.23. The molecular formula is C51H57N9O13S. The molecule has 1 fully saturated rings. The predicted molar refractivity (Wildman–Crippen MR) is 271 cm³/mol. The molecule has 1 saturated carbocycles. The van der Waals surface area contributed by atoms with Crippen LogP contribution in [0.4, 0.5) is 5.82 Å². The number of phenols is 1. The molecule has 5 aromatic rings. The van der Waals surface area contributed by atoms with Crippen LogP contribution in [0, 0.1) is 5.92 Å². The Hall–Kier alpha value is -7.38. The second kappa shape index (κ2) is 23.7. The van der Waals surface area contributed by atoms with Crippen molar-refractivity contribution in [3.05, 3.63) is 124 Å². The third kappa shape index (κ3) is 12.3. The summed E-state index contributed by atoms with van der Waals surface area (Å²) >= 11 is 0. The summed E-state index contributed by atoms with van der Waals surface area (Å²) in [6, 6.07) is 19.8. The molecule has 0 unspecified atom stereocenters. The second-order valence-corrected chi connectivity index (χ2v) is 19.7. The summed E-state index contributed by atoms with van der Waals surface area (Å²) in [5.41, 5.74) is 14.6. The summed E-state index contributed by atoms with van der Waals surface area (Å²) in [4.78, 5) is 63.6. The van der Waals surface area contributed by atoms with Gasteiger partial charge in [-0.25, -0.2) is 24.5 Å². The molecule has 74 heavy (non-hydrogen) atoms. The van der Waals surface area contributed by atoms with Crippen molar-refractivity contribution in [3.8, 4) is 28.2 Å². The van der Waals surface area contributed by atoms with E-state index >= 15 is 0 Å². The van der Waals surface area contributed by atoms with E-state index in [0.29, 0.717) is 60.0 Å². The number of aromatic nitrogens is 4. The number of benzene rings is 4. The Labute approximate surface area is 424 Å².